The van der Waals surface area contributed by atoms with E-state index in [9.17, 15) is 4.79 Å². The van der Waals surface area contributed by atoms with E-state index in [-0.39, 0.29) is 12.0 Å². The van der Waals surface area contributed by atoms with Gasteiger partial charge in [0.25, 0.3) is 0 Å². The molecule has 112 valence electrons. The van der Waals surface area contributed by atoms with Crippen LogP contribution in [0.5, 0.6) is 5.75 Å². The standard InChI is InChI=1S/C17H22N2O2/c18-17(20)13-6-7-16(21-14-8-9-19-11-14)15(10-13)12-4-2-1-3-5-12/h4,6-7,10,14,19H,1-3,5,8-9,11H2,(H2,18,20)/t14-/m0/s1. The Morgan fingerprint density at radius 1 is 1.33 bits per heavy atom. The lowest BCUT2D eigenvalue weighted by Gasteiger charge is -2.20. The van der Waals surface area contributed by atoms with Crippen LogP contribution in [0.25, 0.3) is 5.57 Å². The average molecular weight is 286 g/mol. The first-order valence-electron chi connectivity index (χ1n) is 7.74. The Hall–Kier alpha value is -1.81. The lowest BCUT2D eigenvalue weighted by Crippen LogP contribution is -2.20. The third-order valence-corrected chi connectivity index (χ3v) is 4.21. The molecule has 1 atom stereocenters. The van der Waals surface area contributed by atoms with E-state index in [2.05, 4.69) is 11.4 Å². The molecule has 0 saturated carbocycles. The Bertz CT molecular complexity index is 560. The van der Waals surface area contributed by atoms with Gasteiger partial charge in [-0.3, -0.25) is 4.79 Å². The molecule has 1 amide bonds. The number of benzene rings is 1. The monoisotopic (exact) mass is 286 g/mol. The number of ether oxygens (including phenoxy) is 1. The first-order valence-corrected chi connectivity index (χ1v) is 7.74. The molecule has 1 fully saturated rings. The number of carbonyl (C=O) groups excluding carboxylic acids is 1. The van der Waals surface area contributed by atoms with Crippen molar-refractivity contribution < 1.29 is 9.53 Å². The predicted octanol–water partition coefficient (Wildman–Crippen LogP) is 2.48. The summed E-state index contributed by atoms with van der Waals surface area (Å²) in [6.45, 7) is 1.89. The van der Waals surface area contributed by atoms with E-state index in [0.717, 1.165) is 43.7 Å². The SMILES string of the molecule is NC(=O)c1ccc(O[C@H]2CCNC2)c(C2=CCCCC2)c1. The fraction of sp³-hybridized carbons (Fsp3) is 0.471. The summed E-state index contributed by atoms with van der Waals surface area (Å²) in [5.74, 6) is 0.489. The minimum absolute atomic E-state index is 0.215. The largest absolute Gasteiger partial charge is 0.488 e. The number of hydrogen-bond acceptors (Lipinski definition) is 3. The van der Waals surface area contributed by atoms with Gasteiger partial charge in [-0.2, -0.15) is 0 Å². The van der Waals surface area contributed by atoms with E-state index in [1.807, 2.05) is 12.1 Å². The molecule has 1 aliphatic carbocycles. The van der Waals surface area contributed by atoms with Crippen molar-refractivity contribution in [1.29, 1.82) is 0 Å². The number of carbonyl (C=O) groups is 1. The van der Waals surface area contributed by atoms with Gasteiger partial charge in [0.1, 0.15) is 11.9 Å². The van der Waals surface area contributed by atoms with Crippen molar-refractivity contribution in [2.45, 2.75) is 38.2 Å². The van der Waals surface area contributed by atoms with Crippen LogP contribution in [0, 0.1) is 0 Å². The van der Waals surface area contributed by atoms with E-state index in [1.54, 1.807) is 6.07 Å². The van der Waals surface area contributed by atoms with Crippen LogP contribution in [0.2, 0.25) is 0 Å². The average Bonchev–Trinajstić information content (AvgIpc) is 3.01. The van der Waals surface area contributed by atoms with Gasteiger partial charge >= 0.3 is 0 Å². The first-order chi connectivity index (χ1) is 10.2. The Kier molecular flexibility index (Phi) is 4.25. The van der Waals surface area contributed by atoms with Crippen LogP contribution in [0.1, 0.15) is 48.0 Å². The first kappa shape index (κ1) is 14.1. The zero-order valence-electron chi connectivity index (χ0n) is 12.2. The number of hydrogen-bond donors (Lipinski definition) is 2. The second-order valence-corrected chi connectivity index (χ2v) is 5.78. The minimum Gasteiger partial charge on any atom is -0.488 e. The summed E-state index contributed by atoms with van der Waals surface area (Å²) in [6.07, 6.45) is 8.08. The maximum absolute atomic E-state index is 11.4. The molecule has 2 aliphatic rings. The number of nitrogens with two attached hydrogens (primary N) is 1. The van der Waals surface area contributed by atoms with Gasteiger partial charge in [0.15, 0.2) is 0 Å². The highest BCUT2D eigenvalue weighted by Crippen LogP contribution is 2.34. The zero-order valence-corrected chi connectivity index (χ0v) is 12.2. The molecule has 0 aromatic heterocycles. The van der Waals surface area contributed by atoms with Gasteiger partial charge in [0.2, 0.25) is 5.91 Å². The Balaban J connectivity index is 1.93. The lowest BCUT2D eigenvalue weighted by atomic mass is 9.92. The fourth-order valence-corrected chi connectivity index (χ4v) is 3.03. The number of nitrogens with one attached hydrogen (secondary N) is 1. The van der Waals surface area contributed by atoms with Crippen molar-refractivity contribution in [3.8, 4) is 5.75 Å². The van der Waals surface area contributed by atoms with Gasteiger partial charge in [-0.05, 0) is 62.4 Å². The smallest absolute Gasteiger partial charge is 0.248 e. The summed E-state index contributed by atoms with van der Waals surface area (Å²) in [5, 5.41) is 3.31. The van der Waals surface area contributed by atoms with Crippen LogP contribution in [-0.2, 0) is 0 Å². The molecule has 21 heavy (non-hydrogen) atoms. The molecule has 0 radical (unpaired) electrons. The highest BCUT2D eigenvalue weighted by Gasteiger charge is 2.20. The summed E-state index contributed by atoms with van der Waals surface area (Å²) in [6, 6.07) is 5.54. The molecule has 1 aliphatic heterocycles. The van der Waals surface area contributed by atoms with Crippen LogP contribution < -0.4 is 15.8 Å². The quantitative estimate of drug-likeness (QED) is 0.893. The topological polar surface area (TPSA) is 64.4 Å². The molecule has 4 heteroatoms. The number of rotatable bonds is 4. The van der Waals surface area contributed by atoms with E-state index >= 15 is 0 Å². The van der Waals surface area contributed by atoms with Crippen molar-refractivity contribution in [2.24, 2.45) is 5.73 Å². The molecule has 0 bridgehead atoms. The third kappa shape index (κ3) is 3.27. The van der Waals surface area contributed by atoms with Gasteiger partial charge < -0.3 is 15.8 Å². The molecule has 1 aromatic rings. The van der Waals surface area contributed by atoms with Crippen LogP contribution in [0.15, 0.2) is 24.3 Å². The van der Waals surface area contributed by atoms with Gasteiger partial charge in [0.05, 0.1) is 0 Å². The summed E-state index contributed by atoms with van der Waals surface area (Å²) in [7, 11) is 0. The Morgan fingerprint density at radius 3 is 2.90 bits per heavy atom. The summed E-state index contributed by atoms with van der Waals surface area (Å²) in [4.78, 5) is 11.4. The zero-order chi connectivity index (χ0) is 14.7. The van der Waals surface area contributed by atoms with Gasteiger partial charge in [0, 0.05) is 17.7 Å². The van der Waals surface area contributed by atoms with Crippen LogP contribution in [-0.4, -0.2) is 25.1 Å². The summed E-state index contributed by atoms with van der Waals surface area (Å²) >= 11 is 0. The predicted molar refractivity (Wildman–Crippen MR) is 83.3 cm³/mol. The molecule has 3 rings (SSSR count). The normalized spacial score (nSPS) is 21.9. The highest BCUT2D eigenvalue weighted by molar-refractivity contribution is 5.94. The molecular formula is C17H22N2O2. The van der Waals surface area contributed by atoms with Crippen molar-refractivity contribution in [3.05, 3.63) is 35.4 Å². The minimum atomic E-state index is -0.387. The highest BCUT2D eigenvalue weighted by atomic mass is 16.5. The van der Waals surface area contributed by atoms with Crippen LogP contribution in [0.4, 0.5) is 0 Å². The second-order valence-electron chi connectivity index (χ2n) is 5.78. The van der Waals surface area contributed by atoms with Crippen molar-refractivity contribution >= 4 is 11.5 Å². The van der Waals surface area contributed by atoms with Crippen LogP contribution in [0.3, 0.4) is 0 Å². The van der Waals surface area contributed by atoms with Gasteiger partial charge in [-0.1, -0.05) is 6.08 Å². The molecule has 0 unspecified atom stereocenters. The molecule has 3 N–H and O–H groups in total. The number of primary amides is 1. The fourth-order valence-electron chi connectivity index (χ4n) is 3.03. The summed E-state index contributed by atoms with van der Waals surface area (Å²) in [5.41, 5.74) is 8.29. The van der Waals surface area contributed by atoms with E-state index in [0.29, 0.717) is 5.56 Å². The third-order valence-electron chi connectivity index (χ3n) is 4.21. The van der Waals surface area contributed by atoms with Crippen molar-refractivity contribution in [3.63, 3.8) is 0 Å². The lowest BCUT2D eigenvalue weighted by molar-refractivity contribution is 0.1000. The second kappa shape index (κ2) is 6.31. The Labute approximate surface area is 125 Å². The molecule has 1 heterocycles. The molecule has 0 spiro atoms. The molecular weight excluding hydrogens is 264 g/mol. The van der Waals surface area contributed by atoms with E-state index < -0.39 is 0 Å². The van der Waals surface area contributed by atoms with E-state index in [1.165, 1.54) is 18.4 Å². The number of allylic oxidation sites excluding steroid dienone is 2. The number of amides is 1. The van der Waals surface area contributed by atoms with Crippen molar-refractivity contribution in [2.75, 3.05) is 13.1 Å². The Morgan fingerprint density at radius 2 is 2.24 bits per heavy atom. The molecule has 1 saturated heterocycles. The van der Waals surface area contributed by atoms with E-state index in [4.69, 9.17) is 10.5 Å². The molecule has 4 nitrogen and oxygen atoms in total. The van der Waals surface area contributed by atoms with Gasteiger partial charge in [-0.25, -0.2) is 0 Å². The summed E-state index contributed by atoms with van der Waals surface area (Å²) < 4.78 is 6.14. The van der Waals surface area contributed by atoms with Crippen molar-refractivity contribution in [1.82, 2.24) is 5.32 Å². The van der Waals surface area contributed by atoms with Gasteiger partial charge in [-0.15, -0.1) is 0 Å². The van der Waals surface area contributed by atoms with Crippen LogP contribution >= 0.6 is 0 Å². The molecule has 1 aromatic carbocycles. The maximum atomic E-state index is 11.4. The maximum Gasteiger partial charge on any atom is 0.248 e.